The molecule has 0 heterocycles. The highest BCUT2D eigenvalue weighted by atomic mass is 79.9. The second-order valence-electron chi connectivity index (χ2n) is 5.43. The molecule has 0 spiro atoms. The van der Waals surface area contributed by atoms with Crippen molar-refractivity contribution in [3.63, 3.8) is 0 Å². The van der Waals surface area contributed by atoms with Crippen LogP contribution in [0.25, 0.3) is 0 Å². The molecule has 1 unspecified atom stereocenters. The molecule has 0 aliphatic rings. The molecular weight excluding hydrogens is 310 g/mol. The minimum Gasteiger partial charge on any atom is -0.310 e. The van der Waals surface area contributed by atoms with Crippen molar-refractivity contribution in [3.05, 3.63) is 46.5 Å². The second kappa shape index (κ2) is 10.2. The third-order valence-corrected chi connectivity index (χ3v) is 4.15. The fourth-order valence-electron chi connectivity index (χ4n) is 2.49. The molecule has 0 radical (unpaired) electrons. The molecular formula is C18H28BrN. The Bertz CT molecular complexity index is 400. The van der Waals surface area contributed by atoms with Crippen LogP contribution in [0.4, 0.5) is 0 Å². The topological polar surface area (TPSA) is 12.0 Å². The predicted octanol–water partition coefficient (Wildman–Crippen LogP) is 5.93. The van der Waals surface area contributed by atoms with Crippen LogP contribution in [0.1, 0.15) is 62.6 Å². The molecule has 112 valence electrons. The molecule has 1 aromatic carbocycles. The number of hydrogen-bond donors (Lipinski definition) is 1. The van der Waals surface area contributed by atoms with Crippen LogP contribution in [0.15, 0.2) is 35.3 Å². The van der Waals surface area contributed by atoms with Crippen molar-refractivity contribution in [1.82, 2.24) is 5.32 Å². The molecule has 1 atom stereocenters. The maximum atomic E-state index is 3.79. The van der Waals surface area contributed by atoms with Gasteiger partial charge in [-0.2, -0.15) is 0 Å². The van der Waals surface area contributed by atoms with Gasteiger partial charge in [-0.05, 0) is 62.4 Å². The van der Waals surface area contributed by atoms with E-state index in [-0.39, 0.29) is 0 Å². The Morgan fingerprint density at radius 3 is 2.80 bits per heavy atom. The number of hydrogen-bond acceptors (Lipinski definition) is 1. The van der Waals surface area contributed by atoms with Crippen molar-refractivity contribution >= 4 is 15.9 Å². The molecule has 0 aromatic heterocycles. The van der Waals surface area contributed by atoms with Crippen molar-refractivity contribution in [2.45, 2.75) is 58.4 Å². The Morgan fingerprint density at radius 2 is 2.10 bits per heavy atom. The molecule has 0 fully saturated rings. The number of allylic oxidation sites excluding steroid dienone is 1. The molecule has 0 aliphatic heterocycles. The maximum Gasteiger partial charge on any atom is 0.0323 e. The van der Waals surface area contributed by atoms with Gasteiger partial charge in [-0.3, -0.25) is 0 Å². The van der Waals surface area contributed by atoms with Crippen LogP contribution in [-0.4, -0.2) is 6.54 Å². The summed E-state index contributed by atoms with van der Waals surface area (Å²) in [5, 5.41) is 3.70. The van der Waals surface area contributed by atoms with Crippen LogP contribution < -0.4 is 5.32 Å². The number of aryl methyl sites for hydroxylation is 1. The first-order valence-corrected chi connectivity index (χ1v) is 8.58. The van der Waals surface area contributed by atoms with Crippen molar-refractivity contribution in [2.24, 2.45) is 0 Å². The summed E-state index contributed by atoms with van der Waals surface area (Å²) in [4.78, 5) is 0. The van der Waals surface area contributed by atoms with E-state index in [1.54, 1.807) is 0 Å². The fourth-order valence-corrected chi connectivity index (χ4v) is 2.87. The van der Waals surface area contributed by atoms with Gasteiger partial charge in [0.1, 0.15) is 0 Å². The number of benzene rings is 1. The lowest BCUT2D eigenvalue weighted by Gasteiger charge is -2.21. The monoisotopic (exact) mass is 337 g/mol. The smallest absolute Gasteiger partial charge is 0.0323 e. The van der Waals surface area contributed by atoms with Gasteiger partial charge in [-0.25, -0.2) is 0 Å². The first-order valence-electron chi connectivity index (χ1n) is 7.79. The van der Waals surface area contributed by atoms with E-state index in [1.807, 2.05) is 6.08 Å². The summed E-state index contributed by atoms with van der Waals surface area (Å²) in [5.41, 5.74) is 2.82. The first-order chi connectivity index (χ1) is 9.69. The minimum absolute atomic E-state index is 0.483. The second-order valence-corrected chi connectivity index (χ2v) is 6.35. The van der Waals surface area contributed by atoms with Gasteiger partial charge in [0.15, 0.2) is 0 Å². The summed E-state index contributed by atoms with van der Waals surface area (Å²) in [6.45, 7) is 9.30. The van der Waals surface area contributed by atoms with E-state index in [0.717, 1.165) is 13.0 Å². The average molecular weight is 338 g/mol. The molecule has 20 heavy (non-hydrogen) atoms. The van der Waals surface area contributed by atoms with Crippen molar-refractivity contribution in [3.8, 4) is 0 Å². The van der Waals surface area contributed by atoms with E-state index in [2.05, 4.69) is 59.9 Å². The van der Waals surface area contributed by atoms with Gasteiger partial charge in [-0.1, -0.05) is 47.8 Å². The highest BCUT2D eigenvalue weighted by Crippen LogP contribution is 2.26. The van der Waals surface area contributed by atoms with Crippen LogP contribution in [0.5, 0.6) is 0 Å². The standard InChI is InChI=1S/C18H28BrN/c1-4-6-7-8-9-10-18(20-13-5-2)17-14-16(19)12-11-15(17)3/h4,11-12,14,18,20H,1,5-10,13H2,2-3H3. The van der Waals surface area contributed by atoms with E-state index >= 15 is 0 Å². The van der Waals surface area contributed by atoms with E-state index in [0.29, 0.717) is 6.04 Å². The quantitative estimate of drug-likeness (QED) is 0.411. The van der Waals surface area contributed by atoms with Crippen LogP contribution >= 0.6 is 15.9 Å². The molecule has 1 nitrogen and oxygen atoms in total. The summed E-state index contributed by atoms with van der Waals surface area (Å²) in [6, 6.07) is 7.08. The molecule has 1 aromatic rings. The number of rotatable bonds is 10. The zero-order valence-electron chi connectivity index (χ0n) is 12.9. The normalized spacial score (nSPS) is 12.3. The van der Waals surface area contributed by atoms with Crippen molar-refractivity contribution in [1.29, 1.82) is 0 Å². The Hall–Kier alpha value is -0.600. The van der Waals surface area contributed by atoms with E-state index in [1.165, 1.54) is 47.7 Å². The molecule has 0 bridgehead atoms. The molecule has 0 saturated heterocycles. The van der Waals surface area contributed by atoms with Gasteiger partial charge < -0.3 is 5.32 Å². The Balaban J connectivity index is 2.62. The Morgan fingerprint density at radius 1 is 1.30 bits per heavy atom. The molecule has 2 heteroatoms. The Labute approximate surface area is 133 Å². The Kier molecular flexibility index (Phi) is 8.88. The highest BCUT2D eigenvalue weighted by Gasteiger charge is 2.13. The summed E-state index contributed by atoms with van der Waals surface area (Å²) in [6.07, 6.45) is 9.40. The van der Waals surface area contributed by atoms with Crippen molar-refractivity contribution < 1.29 is 0 Å². The highest BCUT2D eigenvalue weighted by molar-refractivity contribution is 9.10. The average Bonchev–Trinajstić information content (AvgIpc) is 2.45. The van der Waals surface area contributed by atoms with E-state index < -0.39 is 0 Å². The largest absolute Gasteiger partial charge is 0.310 e. The first kappa shape index (κ1) is 17.5. The lowest BCUT2D eigenvalue weighted by molar-refractivity contribution is 0.470. The lowest BCUT2D eigenvalue weighted by atomic mass is 9.96. The van der Waals surface area contributed by atoms with Crippen LogP contribution in [0.2, 0.25) is 0 Å². The summed E-state index contributed by atoms with van der Waals surface area (Å²) >= 11 is 3.60. The summed E-state index contributed by atoms with van der Waals surface area (Å²) in [5.74, 6) is 0. The zero-order chi connectivity index (χ0) is 14.8. The van der Waals surface area contributed by atoms with E-state index in [4.69, 9.17) is 0 Å². The van der Waals surface area contributed by atoms with Gasteiger partial charge in [0.05, 0.1) is 0 Å². The third kappa shape index (κ3) is 6.23. The van der Waals surface area contributed by atoms with Gasteiger partial charge >= 0.3 is 0 Å². The van der Waals surface area contributed by atoms with Gasteiger partial charge in [-0.15, -0.1) is 6.58 Å². The van der Waals surface area contributed by atoms with Crippen LogP contribution in [0.3, 0.4) is 0 Å². The van der Waals surface area contributed by atoms with Crippen molar-refractivity contribution in [2.75, 3.05) is 6.54 Å². The number of halogens is 1. The summed E-state index contributed by atoms with van der Waals surface area (Å²) in [7, 11) is 0. The predicted molar refractivity (Wildman–Crippen MR) is 93.2 cm³/mol. The zero-order valence-corrected chi connectivity index (χ0v) is 14.5. The lowest BCUT2D eigenvalue weighted by Crippen LogP contribution is -2.23. The maximum absolute atomic E-state index is 3.79. The van der Waals surface area contributed by atoms with Gasteiger partial charge in [0.25, 0.3) is 0 Å². The molecule has 0 saturated carbocycles. The molecule has 1 N–H and O–H groups in total. The fraction of sp³-hybridized carbons (Fsp3) is 0.556. The van der Waals surface area contributed by atoms with Crippen LogP contribution in [0, 0.1) is 6.92 Å². The summed E-state index contributed by atoms with van der Waals surface area (Å²) < 4.78 is 1.17. The van der Waals surface area contributed by atoms with Gasteiger partial charge in [0.2, 0.25) is 0 Å². The number of unbranched alkanes of at least 4 members (excludes halogenated alkanes) is 3. The molecule has 1 rings (SSSR count). The van der Waals surface area contributed by atoms with Crippen LogP contribution in [-0.2, 0) is 0 Å². The third-order valence-electron chi connectivity index (χ3n) is 3.66. The molecule has 0 amide bonds. The van der Waals surface area contributed by atoms with Gasteiger partial charge in [0, 0.05) is 10.5 Å². The van der Waals surface area contributed by atoms with E-state index in [9.17, 15) is 0 Å². The minimum atomic E-state index is 0.483. The molecule has 0 aliphatic carbocycles. The SMILES string of the molecule is C=CCCCCCC(NCCC)c1cc(Br)ccc1C. The number of nitrogens with one attached hydrogen (secondary N) is 1.